The van der Waals surface area contributed by atoms with Gasteiger partial charge in [-0.05, 0) is 6.42 Å². The molecular weight excluding hydrogens is 274 g/mol. The monoisotopic (exact) mass is 295 g/mol. The third-order valence-corrected chi connectivity index (χ3v) is 3.13. The highest BCUT2D eigenvalue weighted by atomic mass is 16.6. The second-order valence-electron chi connectivity index (χ2n) is 4.93. The van der Waals surface area contributed by atoms with Crippen LogP contribution in [0.4, 0.5) is 11.4 Å². The summed E-state index contributed by atoms with van der Waals surface area (Å²) in [5.74, 6) is 0.515. The quantitative estimate of drug-likeness (QED) is 0.589. The van der Waals surface area contributed by atoms with E-state index in [9.17, 15) is 10.1 Å². The molecule has 0 aromatic heterocycles. The van der Waals surface area contributed by atoms with Crippen molar-refractivity contribution in [1.82, 2.24) is 5.32 Å². The zero-order chi connectivity index (χ0) is 15.1. The predicted octanol–water partition coefficient (Wildman–Crippen LogP) is 1.78. The standard InChI is InChI=1S/C14H21N3O4/c1-2-4-21-14-7-11(6-13(8-14)17(18)19)16-9-12-10-20-5-3-15-12/h6-8,12,15-16H,2-5,9-10H2,1H3. The van der Waals surface area contributed by atoms with E-state index < -0.39 is 4.92 Å². The van der Waals surface area contributed by atoms with Crippen molar-refractivity contribution >= 4 is 11.4 Å². The first-order chi connectivity index (χ1) is 10.2. The van der Waals surface area contributed by atoms with E-state index >= 15 is 0 Å². The van der Waals surface area contributed by atoms with Crippen molar-refractivity contribution in [2.45, 2.75) is 19.4 Å². The molecule has 21 heavy (non-hydrogen) atoms. The molecule has 7 heteroatoms. The van der Waals surface area contributed by atoms with Gasteiger partial charge in [0.25, 0.3) is 5.69 Å². The number of anilines is 1. The van der Waals surface area contributed by atoms with Crippen LogP contribution in [0.3, 0.4) is 0 Å². The third kappa shape index (κ3) is 4.87. The molecule has 1 aliphatic heterocycles. The van der Waals surface area contributed by atoms with E-state index in [0.717, 1.165) is 19.6 Å². The highest BCUT2D eigenvalue weighted by molar-refractivity contribution is 5.56. The van der Waals surface area contributed by atoms with Gasteiger partial charge in [-0.2, -0.15) is 0 Å². The minimum absolute atomic E-state index is 0.0268. The number of hydrogen-bond acceptors (Lipinski definition) is 6. The lowest BCUT2D eigenvalue weighted by Gasteiger charge is -2.24. The predicted molar refractivity (Wildman–Crippen MR) is 80.0 cm³/mol. The number of benzene rings is 1. The maximum absolute atomic E-state index is 11.0. The summed E-state index contributed by atoms with van der Waals surface area (Å²) in [4.78, 5) is 10.6. The van der Waals surface area contributed by atoms with Gasteiger partial charge < -0.3 is 20.1 Å². The molecule has 1 aliphatic rings. The van der Waals surface area contributed by atoms with Gasteiger partial charge in [0, 0.05) is 37.0 Å². The van der Waals surface area contributed by atoms with Crippen molar-refractivity contribution in [2.24, 2.45) is 0 Å². The fourth-order valence-corrected chi connectivity index (χ4v) is 2.09. The van der Waals surface area contributed by atoms with Gasteiger partial charge >= 0.3 is 0 Å². The average molecular weight is 295 g/mol. The molecule has 2 rings (SSSR count). The van der Waals surface area contributed by atoms with Crippen molar-refractivity contribution in [1.29, 1.82) is 0 Å². The Bertz CT molecular complexity index is 475. The first-order valence-corrected chi connectivity index (χ1v) is 7.16. The summed E-state index contributed by atoms with van der Waals surface area (Å²) in [6.45, 7) is 5.37. The van der Waals surface area contributed by atoms with Crippen molar-refractivity contribution in [2.75, 3.05) is 38.2 Å². The van der Waals surface area contributed by atoms with Gasteiger partial charge in [-0.15, -0.1) is 0 Å². The van der Waals surface area contributed by atoms with Gasteiger partial charge in [-0.25, -0.2) is 0 Å². The van der Waals surface area contributed by atoms with Crippen LogP contribution in [-0.4, -0.2) is 43.9 Å². The molecule has 1 aromatic carbocycles. The average Bonchev–Trinajstić information content (AvgIpc) is 2.51. The molecule has 0 aliphatic carbocycles. The molecule has 0 amide bonds. The molecule has 1 atom stereocenters. The molecule has 1 saturated heterocycles. The Hall–Kier alpha value is -1.86. The van der Waals surface area contributed by atoms with Crippen molar-refractivity contribution < 1.29 is 14.4 Å². The molecule has 0 radical (unpaired) electrons. The van der Waals surface area contributed by atoms with Crippen LogP contribution in [0.2, 0.25) is 0 Å². The van der Waals surface area contributed by atoms with Crippen LogP contribution >= 0.6 is 0 Å². The van der Waals surface area contributed by atoms with Crippen LogP contribution in [-0.2, 0) is 4.74 Å². The summed E-state index contributed by atoms with van der Waals surface area (Å²) < 4.78 is 10.9. The fraction of sp³-hybridized carbons (Fsp3) is 0.571. The molecule has 1 unspecified atom stereocenters. The Kier molecular flexibility index (Phi) is 5.77. The largest absolute Gasteiger partial charge is 0.493 e. The van der Waals surface area contributed by atoms with E-state index in [1.54, 1.807) is 6.07 Å². The summed E-state index contributed by atoms with van der Waals surface area (Å²) in [5, 5.41) is 17.5. The SMILES string of the molecule is CCCOc1cc(NCC2COCCN2)cc([N+](=O)[O-])c1. The second-order valence-corrected chi connectivity index (χ2v) is 4.93. The summed E-state index contributed by atoms with van der Waals surface area (Å²) >= 11 is 0. The van der Waals surface area contributed by atoms with Gasteiger partial charge in [-0.1, -0.05) is 6.92 Å². The van der Waals surface area contributed by atoms with Crippen LogP contribution in [0.1, 0.15) is 13.3 Å². The van der Waals surface area contributed by atoms with E-state index in [1.807, 2.05) is 6.92 Å². The number of morpholine rings is 1. The maximum atomic E-state index is 11.0. The van der Waals surface area contributed by atoms with E-state index in [1.165, 1.54) is 12.1 Å². The molecule has 116 valence electrons. The smallest absolute Gasteiger partial charge is 0.275 e. The number of ether oxygens (including phenoxy) is 2. The molecule has 0 spiro atoms. The minimum Gasteiger partial charge on any atom is -0.493 e. The molecule has 2 N–H and O–H groups in total. The fourth-order valence-electron chi connectivity index (χ4n) is 2.09. The number of non-ortho nitro benzene ring substituents is 1. The third-order valence-electron chi connectivity index (χ3n) is 3.13. The number of nitrogens with zero attached hydrogens (tertiary/aromatic N) is 1. The lowest BCUT2D eigenvalue weighted by molar-refractivity contribution is -0.384. The number of nitro benzene ring substituents is 1. The van der Waals surface area contributed by atoms with E-state index in [-0.39, 0.29) is 11.7 Å². The lowest BCUT2D eigenvalue weighted by atomic mass is 10.2. The van der Waals surface area contributed by atoms with Crippen LogP contribution in [0.15, 0.2) is 18.2 Å². The van der Waals surface area contributed by atoms with Crippen LogP contribution in [0, 0.1) is 10.1 Å². The molecule has 0 saturated carbocycles. The van der Waals surface area contributed by atoms with E-state index in [2.05, 4.69) is 10.6 Å². The van der Waals surface area contributed by atoms with Gasteiger partial charge in [0.1, 0.15) is 5.75 Å². The number of nitro groups is 1. The zero-order valence-corrected chi connectivity index (χ0v) is 12.1. The maximum Gasteiger partial charge on any atom is 0.275 e. The van der Waals surface area contributed by atoms with Crippen molar-refractivity contribution in [3.05, 3.63) is 28.3 Å². The molecule has 1 aromatic rings. The summed E-state index contributed by atoms with van der Waals surface area (Å²) in [6.07, 6.45) is 0.856. The second kappa shape index (κ2) is 7.80. The van der Waals surface area contributed by atoms with E-state index in [4.69, 9.17) is 9.47 Å². The van der Waals surface area contributed by atoms with Crippen LogP contribution in [0.5, 0.6) is 5.75 Å². The van der Waals surface area contributed by atoms with Gasteiger partial charge in [-0.3, -0.25) is 10.1 Å². The topological polar surface area (TPSA) is 85.7 Å². The Morgan fingerprint density at radius 2 is 2.38 bits per heavy atom. The van der Waals surface area contributed by atoms with E-state index in [0.29, 0.717) is 31.2 Å². The molecule has 1 heterocycles. The van der Waals surface area contributed by atoms with Gasteiger partial charge in [0.15, 0.2) is 0 Å². The highest BCUT2D eigenvalue weighted by Crippen LogP contribution is 2.26. The van der Waals surface area contributed by atoms with Crippen LogP contribution in [0.25, 0.3) is 0 Å². The number of hydrogen-bond donors (Lipinski definition) is 2. The van der Waals surface area contributed by atoms with Gasteiger partial charge in [0.2, 0.25) is 0 Å². The Balaban J connectivity index is 2.02. The molecule has 1 fully saturated rings. The molecular formula is C14H21N3O4. The summed E-state index contributed by atoms with van der Waals surface area (Å²) in [7, 11) is 0. The Labute approximate surface area is 123 Å². The first-order valence-electron chi connectivity index (χ1n) is 7.16. The van der Waals surface area contributed by atoms with Crippen LogP contribution < -0.4 is 15.4 Å². The molecule has 0 bridgehead atoms. The van der Waals surface area contributed by atoms with Crippen molar-refractivity contribution in [3.63, 3.8) is 0 Å². The van der Waals surface area contributed by atoms with Crippen molar-refractivity contribution in [3.8, 4) is 5.75 Å². The minimum atomic E-state index is -0.411. The Morgan fingerprint density at radius 3 is 3.05 bits per heavy atom. The summed E-state index contributed by atoms with van der Waals surface area (Å²) in [5.41, 5.74) is 0.710. The molecule has 7 nitrogen and oxygen atoms in total. The van der Waals surface area contributed by atoms with Gasteiger partial charge in [0.05, 0.1) is 30.8 Å². The lowest BCUT2D eigenvalue weighted by Crippen LogP contribution is -2.45. The highest BCUT2D eigenvalue weighted by Gasteiger charge is 2.14. The number of nitrogens with one attached hydrogen (secondary N) is 2. The normalized spacial score (nSPS) is 18.2. The Morgan fingerprint density at radius 1 is 1.52 bits per heavy atom. The summed E-state index contributed by atoms with van der Waals surface area (Å²) in [6, 6.07) is 4.95. The first kappa shape index (κ1) is 15.5. The number of rotatable bonds is 7. The zero-order valence-electron chi connectivity index (χ0n) is 12.1.